The second-order valence-electron chi connectivity index (χ2n) is 5.65. The molecule has 3 aromatic rings. The average Bonchev–Trinajstić information content (AvgIpc) is 3.23. The minimum absolute atomic E-state index is 0.0183. The third-order valence-electron chi connectivity index (χ3n) is 3.76. The van der Waals surface area contributed by atoms with Crippen LogP contribution in [0, 0.1) is 0 Å². The third kappa shape index (κ3) is 4.21. The van der Waals surface area contributed by atoms with Crippen LogP contribution in [-0.2, 0) is 20.2 Å². The number of hydrogen-bond acceptors (Lipinski definition) is 4. The minimum Gasteiger partial charge on any atom is -0.487 e. The average molecular weight is 376 g/mol. The van der Waals surface area contributed by atoms with Crippen LogP contribution in [0.2, 0.25) is 5.02 Å². The Labute approximate surface area is 155 Å². The molecule has 0 saturated heterocycles. The predicted octanol–water partition coefficient (Wildman–Crippen LogP) is 3.99. The van der Waals surface area contributed by atoms with Crippen LogP contribution in [-0.4, -0.2) is 27.6 Å². The monoisotopic (exact) mass is 375 g/mol. The summed E-state index contributed by atoms with van der Waals surface area (Å²) in [6.07, 6.45) is 1.73. The van der Waals surface area contributed by atoms with Gasteiger partial charge in [0.25, 0.3) is 5.91 Å². The quantitative estimate of drug-likeness (QED) is 0.654. The maximum Gasteiger partial charge on any atom is 0.264 e. The Morgan fingerprint density at radius 1 is 1.36 bits per heavy atom. The van der Waals surface area contributed by atoms with Crippen molar-refractivity contribution in [3.05, 3.63) is 69.1 Å². The highest BCUT2D eigenvalue weighted by Crippen LogP contribution is 2.25. The molecule has 0 saturated carbocycles. The number of thiophene rings is 1. The third-order valence-corrected chi connectivity index (χ3v) is 5.04. The van der Waals surface area contributed by atoms with E-state index in [1.54, 1.807) is 28.9 Å². The predicted molar refractivity (Wildman–Crippen MR) is 99.1 cm³/mol. The maximum atomic E-state index is 12.6. The van der Waals surface area contributed by atoms with Crippen LogP contribution in [0.15, 0.2) is 48.0 Å². The zero-order chi connectivity index (χ0) is 17.8. The molecule has 0 aliphatic carbocycles. The summed E-state index contributed by atoms with van der Waals surface area (Å²) >= 11 is 7.49. The highest BCUT2D eigenvalue weighted by molar-refractivity contribution is 7.12. The largest absolute Gasteiger partial charge is 0.487 e. The molecule has 0 aliphatic rings. The zero-order valence-electron chi connectivity index (χ0n) is 14.0. The summed E-state index contributed by atoms with van der Waals surface area (Å²) in [7, 11) is 3.65. The van der Waals surface area contributed by atoms with Crippen LogP contribution in [0.4, 0.5) is 0 Å². The number of aryl methyl sites for hydroxylation is 1. The van der Waals surface area contributed by atoms with E-state index in [1.165, 1.54) is 11.3 Å². The van der Waals surface area contributed by atoms with Crippen molar-refractivity contribution in [2.24, 2.45) is 7.05 Å². The van der Waals surface area contributed by atoms with Gasteiger partial charge < -0.3 is 9.64 Å². The van der Waals surface area contributed by atoms with E-state index in [9.17, 15) is 4.79 Å². The molecule has 5 nitrogen and oxygen atoms in total. The van der Waals surface area contributed by atoms with E-state index >= 15 is 0 Å². The maximum absolute atomic E-state index is 12.6. The van der Waals surface area contributed by atoms with Gasteiger partial charge in [0.1, 0.15) is 12.4 Å². The Hall–Kier alpha value is -2.31. The van der Waals surface area contributed by atoms with Crippen LogP contribution < -0.4 is 4.74 Å². The van der Waals surface area contributed by atoms with Gasteiger partial charge in [0.2, 0.25) is 0 Å². The minimum atomic E-state index is -0.0183. The van der Waals surface area contributed by atoms with E-state index in [4.69, 9.17) is 16.3 Å². The molecule has 3 rings (SSSR count). The van der Waals surface area contributed by atoms with Gasteiger partial charge in [-0.1, -0.05) is 23.7 Å². The van der Waals surface area contributed by atoms with Gasteiger partial charge in [0.15, 0.2) is 0 Å². The van der Waals surface area contributed by atoms with E-state index < -0.39 is 0 Å². The smallest absolute Gasteiger partial charge is 0.264 e. The van der Waals surface area contributed by atoms with Crippen molar-refractivity contribution in [1.29, 1.82) is 0 Å². The van der Waals surface area contributed by atoms with Crippen molar-refractivity contribution in [2.75, 3.05) is 7.05 Å². The Morgan fingerprint density at radius 3 is 2.88 bits per heavy atom. The van der Waals surface area contributed by atoms with Gasteiger partial charge in [-0.3, -0.25) is 9.48 Å². The van der Waals surface area contributed by atoms with E-state index in [-0.39, 0.29) is 5.91 Å². The van der Waals surface area contributed by atoms with Gasteiger partial charge in [0, 0.05) is 25.9 Å². The van der Waals surface area contributed by atoms with Crippen molar-refractivity contribution in [1.82, 2.24) is 14.7 Å². The number of hydrogen-bond donors (Lipinski definition) is 0. The molecule has 1 amide bonds. The number of halogens is 1. The summed E-state index contributed by atoms with van der Waals surface area (Å²) in [4.78, 5) is 14.9. The Balaban J connectivity index is 1.61. The van der Waals surface area contributed by atoms with E-state index in [1.807, 2.05) is 42.8 Å². The fourth-order valence-electron chi connectivity index (χ4n) is 2.35. The van der Waals surface area contributed by atoms with E-state index in [0.29, 0.717) is 28.8 Å². The SMILES string of the molecule is CN(Cc1ccnn1C)C(=O)c1cc(COc2ccccc2Cl)cs1. The summed E-state index contributed by atoms with van der Waals surface area (Å²) < 4.78 is 7.48. The van der Waals surface area contributed by atoms with Crippen LogP contribution >= 0.6 is 22.9 Å². The first-order valence-electron chi connectivity index (χ1n) is 7.71. The number of para-hydroxylation sites is 1. The highest BCUT2D eigenvalue weighted by atomic mass is 35.5. The van der Waals surface area contributed by atoms with Crippen molar-refractivity contribution >= 4 is 28.8 Å². The lowest BCUT2D eigenvalue weighted by atomic mass is 10.3. The molecule has 130 valence electrons. The lowest BCUT2D eigenvalue weighted by Gasteiger charge is -2.16. The van der Waals surface area contributed by atoms with Crippen molar-refractivity contribution < 1.29 is 9.53 Å². The summed E-state index contributed by atoms with van der Waals surface area (Å²) in [5, 5.41) is 6.63. The van der Waals surface area contributed by atoms with E-state index in [0.717, 1.165) is 11.3 Å². The number of carbonyl (C=O) groups excluding carboxylic acids is 1. The lowest BCUT2D eigenvalue weighted by molar-refractivity contribution is 0.0786. The zero-order valence-corrected chi connectivity index (χ0v) is 15.5. The van der Waals surface area contributed by atoms with Gasteiger partial charge in [-0.25, -0.2) is 0 Å². The topological polar surface area (TPSA) is 47.4 Å². The normalized spacial score (nSPS) is 10.7. The molecular weight excluding hydrogens is 358 g/mol. The van der Waals surface area contributed by atoms with Gasteiger partial charge >= 0.3 is 0 Å². The number of rotatable bonds is 6. The number of amides is 1. The van der Waals surface area contributed by atoms with Crippen LogP contribution in [0.1, 0.15) is 20.9 Å². The summed E-state index contributed by atoms with van der Waals surface area (Å²) in [6.45, 7) is 0.887. The number of carbonyl (C=O) groups is 1. The standard InChI is InChI=1S/C18H18ClN3O2S/c1-21(10-14-7-8-20-22(14)2)18(23)17-9-13(12-25-17)11-24-16-6-4-3-5-15(16)19/h3-9,12H,10-11H2,1-2H3. The fraction of sp³-hybridized carbons (Fsp3) is 0.222. The molecule has 0 unspecified atom stereocenters. The Morgan fingerprint density at radius 2 is 2.16 bits per heavy atom. The molecule has 0 N–H and O–H groups in total. The molecule has 0 atom stereocenters. The van der Waals surface area contributed by atoms with Crippen molar-refractivity contribution in [3.63, 3.8) is 0 Å². The summed E-state index contributed by atoms with van der Waals surface area (Å²) in [5.41, 5.74) is 1.93. The number of ether oxygens (including phenoxy) is 1. The molecular formula is C18H18ClN3O2S. The first-order valence-corrected chi connectivity index (χ1v) is 8.97. The van der Waals surface area contributed by atoms with Gasteiger partial charge in [0.05, 0.1) is 22.1 Å². The summed E-state index contributed by atoms with van der Waals surface area (Å²) in [6, 6.07) is 11.1. The van der Waals surface area contributed by atoms with Crippen LogP contribution in [0.5, 0.6) is 5.75 Å². The molecule has 0 aliphatic heterocycles. The number of nitrogens with zero attached hydrogens (tertiary/aromatic N) is 3. The van der Waals surface area contributed by atoms with Crippen LogP contribution in [0.3, 0.4) is 0 Å². The molecule has 0 fully saturated rings. The molecule has 0 radical (unpaired) electrons. The lowest BCUT2D eigenvalue weighted by Crippen LogP contribution is -2.26. The number of aromatic nitrogens is 2. The highest BCUT2D eigenvalue weighted by Gasteiger charge is 2.16. The summed E-state index contributed by atoms with van der Waals surface area (Å²) in [5.74, 6) is 0.617. The molecule has 7 heteroatoms. The first kappa shape index (κ1) is 17.5. The fourth-order valence-corrected chi connectivity index (χ4v) is 3.43. The molecule has 2 heterocycles. The van der Waals surface area contributed by atoms with E-state index in [2.05, 4.69) is 5.10 Å². The number of benzene rings is 1. The molecule has 1 aromatic carbocycles. The molecule has 0 bridgehead atoms. The van der Waals surface area contributed by atoms with Gasteiger partial charge in [-0.15, -0.1) is 11.3 Å². The van der Waals surface area contributed by atoms with Gasteiger partial charge in [-0.05, 0) is 29.6 Å². The van der Waals surface area contributed by atoms with Crippen LogP contribution in [0.25, 0.3) is 0 Å². The first-order chi connectivity index (χ1) is 12.0. The van der Waals surface area contributed by atoms with Gasteiger partial charge in [-0.2, -0.15) is 5.10 Å². The van der Waals surface area contributed by atoms with Crippen molar-refractivity contribution in [2.45, 2.75) is 13.2 Å². The molecule has 0 spiro atoms. The molecule has 2 aromatic heterocycles. The Bertz CT molecular complexity index is 875. The van der Waals surface area contributed by atoms with Crippen molar-refractivity contribution in [3.8, 4) is 5.75 Å². The second kappa shape index (κ2) is 7.72. The second-order valence-corrected chi connectivity index (χ2v) is 6.96. The molecule has 25 heavy (non-hydrogen) atoms. The Kier molecular flexibility index (Phi) is 5.40.